The zero-order chi connectivity index (χ0) is 15.2. The summed E-state index contributed by atoms with van der Waals surface area (Å²) in [5.41, 5.74) is 2.51. The normalized spacial score (nSPS) is 12.0. The molecule has 0 aliphatic carbocycles. The third-order valence-corrected chi connectivity index (χ3v) is 6.03. The Morgan fingerprint density at radius 2 is 1.76 bits per heavy atom. The zero-order valence-electron chi connectivity index (χ0n) is 11.6. The molecular formula is C16H14BrNO2S. The first-order valence-electron chi connectivity index (χ1n) is 6.49. The molecule has 2 aromatic carbocycles. The minimum absolute atomic E-state index is 0.334. The largest absolute Gasteiger partial charge is 0.360 e. The van der Waals surface area contributed by atoms with E-state index >= 15 is 0 Å². The predicted octanol–water partition coefficient (Wildman–Crippen LogP) is 4.38. The van der Waals surface area contributed by atoms with Gasteiger partial charge >= 0.3 is 0 Å². The Balaban J connectivity index is 2.31. The Kier molecular flexibility index (Phi) is 3.42. The van der Waals surface area contributed by atoms with Crippen LogP contribution in [0.3, 0.4) is 0 Å². The van der Waals surface area contributed by atoms with Crippen LogP contribution in [0.4, 0.5) is 0 Å². The van der Waals surface area contributed by atoms with Crippen molar-refractivity contribution in [2.45, 2.75) is 23.6 Å². The second-order valence-corrected chi connectivity index (χ2v) is 7.87. The lowest BCUT2D eigenvalue weighted by Gasteiger charge is -2.08. The molecular weight excluding hydrogens is 350 g/mol. The first-order valence-corrected chi connectivity index (χ1v) is 8.77. The van der Waals surface area contributed by atoms with Gasteiger partial charge in [-0.1, -0.05) is 28.1 Å². The molecule has 0 saturated carbocycles. The van der Waals surface area contributed by atoms with Crippen LogP contribution in [0, 0.1) is 13.8 Å². The Morgan fingerprint density at radius 1 is 1.00 bits per heavy atom. The van der Waals surface area contributed by atoms with Crippen molar-refractivity contribution < 1.29 is 8.42 Å². The van der Waals surface area contributed by atoms with Crippen molar-refractivity contribution in [2.75, 3.05) is 0 Å². The SMILES string of the molecule is Cc1cc(Br)ccc1S(=O)(=O)c1c[nH]c2cccc(C)c12. The molecule has 0 saturated heterocycles. The summed E-state index contributed by atoms with van der Waals surface area (Å²) < 4.78 is 26.8. The first kappa shape index (κ1) is 14.4. The van der Waals surface area contributed by atoms with Gasteiger partial charge in [-0.05, 0) is 49.2 Å². The van der Waals surface area contributed by atoms with Gasteiger partial charge in [-0.25, -0.2) is 8.42 Å². The molecule has 0 aliphatic heterocycles. The Morgan fingerprint density at radius 3 is 2.48 bits per heavy atom. The summed E-state index contributed by atoms with van der Waals surface area (Å²) in [6, 6.07) is 10.9. The van der Waals surface area contributed by atoms with Crippen LogP contribution in [-0.2, 0) is 9.84 Å². The molecule has 0 bridgehead atoms. The van der Waals surface area contributed by atoms with E-state index in [1.165, 1.54) is 0 Å². The standard InChI is InChI=1S/C16H14BrNO2S/c1-10-4-3-5-13-16(10)15(9-18-13)21(19,20)14-7-6-12(17)8-11(14)2/h3-9,18H,1-2H3. The second kappa shape index (κ2) is 5.00. The van der Waals surface area contributed by atoms with E-state index in [2.05, 4.69) is 20.9 Å². The van der Waals surface area contributed by atoms with E-state index < -0.39 is 9.84 Å². The Bertz CT molecular complexity index is 942. The van der Waals surface area contributed by atoms with E-state index in [9.17, 15) is 8.42 Å². The quantitative estimate of drug-likeness (QED) is 0.734. The van der Waals surface area contributed by atoms with Crippen LogP contribution in [0.2, 0.25) is 0 Å². The van der Waals surface area contributed by atoms with Crippen molar-refractivity contribution in [1.82, 2.24) is 4.98 Å². The molecule has 1 N–H and O–H groups in total. The molecule has 0 aliphatic rings. The van der Waals surface area contributed by atoms with Gasteiger partial charge in [0.1, 0.15) is 0 Å². The highest BCUT2D eigenvalue weighted by Crippen LogP contribution is 2.32. The van der Waals surface area contributed by atoms with Crippen LogP contribution in [0.15, 0.2) is 56.9 Å². The molecule has 0 fully saturated rings. The fourth-order valence-corrected chi connectivity index (χ4v) is 4.77. The van der Waals surface area contributed by atoms with Gasteiger partial charge < -0.3 is 4.98 Å². The number of hydrogen-bond donors (Lipinski definition) is 1. The van der Waals surface area contributed by atoms with Crippen LogP contribution in [0.1, 0.15) is 11.1 Å². The number of H-pyrrole nitrogens is 1. The lowest BCUT2D eigenvalue weighted by Crippen LogP contribution is -2.04. The summed E-state index contributed by atoms with van der Waals surface area (Å²) in [5.74, 6) is 0. The number of halogens is 1. The third kappa shape index (κ3) is 2.30. The van der Waals surface area contributed by atoms with Gasteiger partial charge in [0.15, 0.2) is 0 Å². The van der Waals surface area contributed by atoms with Gasteiger partial charge in [-0.3, -0.25) is 0 Å². The number of aromatic nitrogens is 1. The van der Waals surface area contributed by atoms with Crippen molar-refractivity contribution in [2.24, 2.45) is 0 Å². The highest BCUT2D eigenvalue weighted by molar-refractivity contribution is 9.10. The van der Waals surface area contributed by atoms with Crippen molar-refractivity contribution in [3.8, 4) is 0 Å². The lowest BCUT2D eigenvalue weighted by molar-refractivity contribution is 0.596. The van der Waals surface area contributed by atoms with Crippen LogP contribution in [0.5, 0.6) is 0 Å². The van der Waals surface area contributed by atoms with Gasteiger partial charge in [-0.2, -0.15) is 0 Å². The van der Waals surface area contributed by atoms with E-state index in [0.717, 1.165) is 26.5 Å². The molecule has 0 spiro atoms. The predicted molar refractivity (Wildman–Crippen MR) is 87.4 cm³/mol. The topological polar surface area (TPSA) is 49.9 Å². The number of benzene rings is 2. The van der Waals surface area contributed by atoms with Crippen molar-refractivity contribution in [1.29, 1.82) is 0 Å². The lowest BCUT2D eigenvalue weighted by atomic mass is 10.1. The highest BCUT2D eigenvalue weighted by atomic mass is 79.9. The molecule has 1 aromatic heterocycles. The number of rotatable bonds is 2. The molecule has 0 amide bonds. The van der Waals surface area contributed by atoms with Crippen LogP contribution in [-0.4, -0.2) is 13.4 Å². The summed E-state index contributed by atoms with van der Waals surface area (Å²) in [7, 11) is -3.54. The summed E-state index contributed by atoms with van der Waals surface area (Å²) in [6.45, 7) is 3.73. The second-order valence-electron chi connectivity index (χ2n) is 5.06. The smallest absolute Gasteiger partial charge is 0.208 e. The minimum atomic E-state index is -3.54. The van der Waals surface area contributed by atoms with Gasteiger partial charge in [0.25, 0.3) is 0 Å². The number of nitrogens with one attached hydrogen (secondary N) is 1. The molecule has 0 radical (unpaired) electrons. The first-order chi connectivity index (χ1) is 9.91. The van der Waals surface area contributed by atoms with Crippen LogP contribution in [0.25, 0.3) is 10.9 Å². The van der Waals surface area contributed by atoms with E-state index in [1.54, 1.807) is 25.3 Å². The molecule has 5 heteroatoms. The summed E-state index contributed by atoms with van der Waals surface area (Å²) in [6.07, 6.45) is 1.58. The molecule has 1 heterocycles. The molecule has 3 rings (SSSR count). The molecule has 21 heavy (non-hydrogen) atoms. The third-order valence-electron chi connectivity index (χ3n) is 3.59. The molecule has 3 nitrogen and oxygen atoms in total. The Hall–Kier alpha value is -1.59. The maximum Gasteiger partial charge on any atom is 0.208 e. The number of aryl methyl sites for hydroxylation is 2. The number of fused-ring (bicyclic) bond motifs is 1. The zero-order valence-corrected chi connectivity index (χ0v) is 14.0. The van der Waals surface area contributed by atoms with Gasteiger partial charge in [-0.15, -0.1) is 0 Å². The monoisotopic (exact) mass is 363 g/mol. The summed E-state index contributed by atoms with van der Waals surface area (Å²) >= 11 is 3.36. The number of sulfone groups is 1. The van der Waals surface area contributed by atoms with E-state index in [4.69, 9.17) is 0 Å². The van der Waals surface area contributed by atoms with Crippen LogP contribution >= 0.6 is 15.9 Å². The fourth-order valence-electron chi connectivity index (χ4n) is 2.58. The van der Waals surface area contributed by atoms with Gasteiger partial charge in [0.2, 0.25) is 9.84 Å². The maximum absolute atomic E-state index is 13.0. The fraction of sp³-hybridized carbons (Fsp3) is 0.125. The van der Waals surface area contributed by atoms with E-state index in [-0.39, 0.29) is 0 Å². The minimum Gasteiger partial charge on any atom is -0.360 e. The average molecular weight is 364 g/mol. The van der Waals surface area contributed by atoms with Gasteiger partial charge in [0.05, 0.1) is 9.79 Å². The number of hydrogen-bond acceptors (Lipinski definition) is 2. The van der Waals surface area contributed by atoms with E-state index in [0.29, 0.717) is 9.79 Å². The van der Waals surface area contributed by atoms with Crippen LogP contribution < -0.4 is 0 Å². The van der Waals surface area contributed by atoms with Crippen molar-refractivity contribution >= 4 is 36.7 Å². The molecule has 0 atom stereocenters. The van der Waals surface area contributed by atoms with Crippen molar-refractivity contribution in [3.63, 3.8) is 0 Å². The number of aromatic amines is 1. The van der Waals surface area contributed by atoms with E-state index in [1.807, 2.05) is 31.2 Å². The molecule has 0 unspecified atom stereocenters. The molecule has 3 aromatic rings. The maximum atomic E-state index is 13.0. The molecule has 108 valence electrons. The Labute approximate surface area is 132 Å². The summed E-state index contributed by atoms with van der Waals surface area (Å²) in [5, 5.41) is 0.764. The van der Waals surface area contributed by atoms with Crippen molar-refractivity contribution in [3.05, 3.63) is 58.2 Å². The highest BCUT2D eigenvalue weighted by Gasteiger charge is 2.24. The summed E-state index contributed by atoms with van der Waals surface area (Å²) in [4.78, 5) is 3.72. The van der Waals surface area contributed by atoms with Gasteiger partial charge in [0, 0.05) is 21.6 Å². The average Bonchev–Trinajstić information content (AvgIpc) is 2.84.